The van der Waals surface area contributed by atoms with Gasteiger partial charge in [0.2, 0.25) is 0 Å². The average molecular weight is 325 g/mol. The summed E-state index contributed by atoms with van der Waals surface area (Å²) in [5, 5.41) is 4.29. The Labute approximate surface area is 121 Å². The molecule has 0 saturated carbocycles. The maximum Gasteiger partial charge on any atom is 0.0434 e. The number of hydrogen-bond acceptors (Lipinski definition) is 3. The third-order valence-electron chi connectivity index (χ3n) is 2.89. The number of nitrogens with zero attached hydrogens (tertiary/aromatic N) is 1. The molecule has 0 bridgehead atoms. The maximum absolute atomic E-state index is 6.04. The van der Waals surface area contributed by atoms with Gasteiger partial charge < -0.3 is 10.6 Å². The van der Waals surface area contributed by atoms with Gasteiger partial charge in [-0.1, -0.05) is 22.0 Å². The Hall–Kier alpha value is -0.840. The van der Waals surface area contributed by atoms with E-state index in [0.29, 0.717) is 0 Å². The molecule has 0 radical (unpaired) electrons. The Kier molecular flexibility index (Phi) is 4.43. The summed E-state index contributed by atoms with van der Waals surface area (Å²) in [6, 6.07) is 8.46. The highest BCUT2D eigenvalue weighted by Crippen LogP contribution is 2.29. The first-order valence-corrected chi connectivity index (χ1v) is 7.58. The monoisotopic (exact) mass is 324 g/mol. The first kappa shape index (κ1) is 13.6. The van der Waals surface area contributed by atoms with Gasteiger partial charge in [-0.05, 0) is 47.0 Å². The third kappa shape index (κ3) is 3.13. The van der Waals surface area contributed by atoms with Crippen molar-refractivity contribution >= 4 is 33.0 Å². The highest BCUT2D eigenvalue weighted by atomic mass is 79.9. The van der Waals surface area contributed by atoms with E-state index in [9.17, 15) is 0 Å². The van der Waals surface area contributed by atoms with E-state index in [2.05, 4.69) is 56.8 Å². The minimum Gasteiger partial charge on any atom is -0.370 e. The molecule has 0 fully saturated rings. The molecule has 0 spiro atoms. The lowest BCUT2D eigenvalue weighted by molar-refractivity contribution is 0.801. The number of thiophene rings is 1. The lowest BCUT2D eigenvalue weighted by Crippen LogP contribution is -2.20. The minimum atomic E-state index is 0.0398. The minimum absolute atomic E-state index is 0.0398. The van der Waals surface area contributed by atoms with E-state index in [1.165, 1.54) is 16.8 Å². The summed E-state index contributed by atoms with van der Waals surface area (Å²) in [5.41, 5.74) is 9.73. The van der Waals surface area contributed by atoms with E-state index in [0.717, 1.165) is 11.0 Å². The zero-order valence-corrected chi connectivity index (χ0v) is 13.0. The van der Waals surface area contributed by atoms with Crippen molar-refractivity contribution in [3.63, 3.8) is 0 Å². The molecule has 1 unspecified atom stereocenters. The lowest BCUT2D eigenvalue weighted by atomic mass is 10.1. The summed E-state index contributed by atoms with van der Waals surface area (Å²) in [6.07, 6.45) is 0. The van der Waals surface area contributed by atoms with Crippen LogP contribution in [0.15, 0.2) is 39.5 Å². The third-order valence-corrected chi connectivity index (χ3v) is 4.12. The molecule has 1 aromatic carbocycles. The summed E-state index contributed by atoms with van der Waals surface area (Å²) in [6.45, 7) is 2.92. The summed E-state index contributed by atoms with van der Waals surface area (Å²) in [7, 11) is 2.10. The molecule has 0 aliphatic heterocycles. The van der Waals surface area contributed by atoms with Crippen molar-refractivity contribution in [2.24, 2.45) is 5.73 Å². The van der Waals surface area contributed by atoms with Crippen LogP contribution in [0.3, 0.4) is 0 Å². The van der Waals surface area contributed by atoms with Crippen molar-refractivity contribution in [3.8, 4) is 0 Å². The fourth-order valence-electron chi connectivity index (χ4n) is 1.97. The normalized spacial score (nSPS) is 12.4. The Morgan fingerprint density at radius 1 is 1.39 bits per heavy atom. The van der Waals surface area contributed by atoms with Crippen LogP contribution in [-0.2, 0) is 6.54 Å². The molecule has 0 aliphatic rings. The molecule has 1 aromatic heterocycles. The Morgan fingerprint density at radius 2 is 2.17 bits per heavy atom. The molecule has 0 saturated heterocycles. The molecule has 2 nitrogen and oxygen atoms in total. The van der Waals surface area contributed by atoms with Crippen molar-refractivity contribution in [2.45, 2.75) is 19.5 Å². The number of hydrogen-bond donors (Lipinski definition) is 1. The number of rotatable bonds is 4. The van der Waals surface area contributed by atoms with Crippen molar-refractivity contribution in [3.05, 3.63) is 50.6 Å². The van der Waals surface area contributed by atoms with Gasteiger partial charge in [-0.2, -0.15) is 11.3 Å². The van der Waals surface area contributed by atoms with Gasteiger partial charge in [-0.15, -0.1) is 0 Å². The van der Waals surface area contributed by atoms with Crippen LogP contribution in [0.4, 0.5) is 5.69 Å². The van der Waals surface area contributed by atoms with Crippen LogP contribution < -0.4 is 10.6 Å². The first-order valence-electron chi connectivity index (χ1n) is 5.85. The van der Waals surface area contributed by atoms with Crippen LogP contribution in [0.1, 0.15) is 24.1 Å². The van der Waals surface area contributed by atoms with Gasteiger partial charge in [0.15, 0.2) is 0 Å². The lowest BCUT2D eigenvalue weighted by Gasteiger charge is -2.24. The van der Waals surface area contributed by atoms with E-state index in [1.54, 1.807) is 11.3 Å². The van der Waals surface area contributed by atoms with Crippen LogP contribution in [-0.4, -0.2) is 7.05 Å². The summed E-state index contributed by atoms with van der Waals surface area (Å²) < 4.78 is 1.08. The molecule has 18 heavy (non-hydrogen) atoms. The van der Waals surface area contributed by atoms with Crippen LogP contribution in [0.25, 0.3) is 0 Å². The zero-order valence-electron chi connectivity index (χ0n) is 10.6. The number of nitrogens with two attached hydrogens (primary N) is 1. The van der Waals surface area contributed by atoms with Crippen molar-refractivity contribution in [1.82, 2.24) is 0 Å². The van der Waals surface area contributed by atoms with Gasteiger partial charge in [-0.3, -0.25) is 0 Å². The fourth-order valence-corrected chi connectivity index (χ4v) is 2.98. The largest absolute Gasteiger partial charge is 0.370 e. The van der Waals surface area contributed by atoms with Crippen LogP contribution in [0.5, 0.6) is 0 Å². The molecule has 0 amide bonds. The zero-order chi connectivity index (χ0) is 13.1. The highest BCUT2D eigenvalue weighted by molar-refractivity contribution is 9.10. The van der Waals surface area contributed by atoms with E-state index in [1.807, 2.05) is 13.0 Å². The second kappa shape index (κ2) is 5.87. The van der Waals surface area contributed by atoms with Gasteiger partial charge in [0.1, 0.15) is 0 Å². The Morgan fingerprint density at radius 3 is 2.78 bits per heavy atom. The second-order valence-electron chi connectivity index (χ2n) is 4.48. The summed E-state index contributed by atoms with van der Waals surface area (Å²) >= 11 is 5.26. The predicted octanol–water partition coefficient (Wildman–Crippen LogP) is 4.17. The Balaban J connectivity index is 2.28. The number of benzene rings is 1. The Bertz CT molecular complexity index is 509. The molecule has 4 heteroatoms. The van der Waals surface area contributed by atoms with Crippen LogP contribution in [0.2, 0.25) is 0 Å². The van der Waals surface area contributed by atoms with Crippen LogP contribution in [0, 0.1) is 0 Å². The van der Waals surface area contributed by atoms with Crippen molar-refractivity contribution in [2.75, 3.05) is 11.9 Å². The van der Waals surface area contributed by atoms with Crippen molar-refractivity contribution < 1.29 is 0 Å². The molecule has 1 heterocycles. The van der Waals surface area contributed by atoms with E-state index >= 15 is 0 Å². The number of halogens is 1. The fraction of sp³-hybridized carbons (Fsp3) is 0.286. The van der Waals surface area contributed by atoms with E-state index < -0.39 is 0 Å². The molecule has 1 atom stereocenters. The summed E-state index contributed by atoms with van der Waals surface area (Å²) in [5.74, 6) is 0. The average Bonchev–Trinajstić information content (AvgIpc) is 2.81. The van der Waals surface area contributed by atoms with Gasteiger partial charge in [-0.25, -0.2) is 0 Å². The molecule has 2 rings (SSSR count). The van der Waals surface area contributed by atoms with Gasteiger partial charge in [0.05, 0.1) is 0 Å². The first-order chi connectivity index (χ1) is 8.58. The van der Waals surface area contributed by atoms with E-state index in [4.69, 9.17) is 5.73 Å². The SMILES string of the molecule is CC(N)c1ccc(Br)cc1N(C)Cc1ccsc1. The van der Waals surface area contributed by atoms with Crippen LogP contribution >= 0.6 is 27.3 Å². The molecular weight excluding hydrogens is 308 g/mol. The smallest absolute Gasteiger partial charge is 0.0434 e. The highest BCUT2D eigenvalue weighted by Gasteiger charge is 2.11. The molecule has 2 N–H and O–H groups in total. The molecular formula is C14H17BrN2S. The molecule has 96 valence electrons. The standard InChI is InChI=1S/C14H17BrN2S/c1-10(16)13-4-3-12(15)7-14(13)17(2)8-11-5-6-18-9-11/h3-7,9-10H,8,16H2,1-2H3. The van der Waals surface area contributed by atoms with Crippen molar-refractivity contribution in [1.29, 1.82) is 0 Å². The number of anilines is 1. The maximum atomic E-state index is 6.04. The second-order valence-corrected chi connectivity index (χ2v) is 6.18. The van der Waals surface area contributed by atoms with Gasteiger partial charge in [0.25, 0.3) is 0 Å². The van der Waals surface area contributed by atoms with Gasteiger partial charge >= 0.3 is 0 Å². The predicted molar refractivity (Wildman–Crippen MR) is 83.2 cm³/mol. The summed E-state index contributed by atoms with van der Waals surface area (Å²) in [4.78, 5) is 2.24. The molecule has 2 aromatic rings. The van der Waals surface area contributed by atoms with E-state index in [-0.39, 0.29) is 6.04 Å². The quantitative estimate of drug-likeness (QED) is 0.914. The topological polar surface area (TPSA) is 29.3 Å². The van der Waals surface area contributed by atoms with Gasteiger partial charge in [0, 0.05) is 29.8 Å². The molecule has 0 aliphatic carbocycles.